The van der Waals surface area contributed by atoms with Crippen LogP contribution in [0.25, 0.3) is 0 Å². The average Bonchev–Trinajstić information content (AvgIpc) is 3.28. The van der Waals surface area contributed by atoms with Crippen molar-refractivity contribution in [3.8, 4) is 0 Å². The van der Waals surface area contributed by atoms with E-state index in [0.717, 1.165) is 35.4 Å². The smallest absolute Gasteiger partial charge is 0.325 e. The minimum absolute atomic E-state index is 0.0166. The summed E-state index contributed by atoms with van der Waals surface area (Å²) in [6.07, 6.45) is -3.47. The zero-order valence-electron chi connectivity index (χ0n) is 20.7. The van der Waals surface area contributed by atoms with Gasteiger partial charge in [-0.05, 0) is 74.4 Å². The minimum Gasteiger partial charge on any atom is -0.325 e. The SMILES string of the molecule is Cc1ccc(S(=O)(=O)N(CC(=O)Nc2ccc(N3CCCC3=O)c(C)c2)c2cccc(C(F)(F)F)c2)cc1. The summed E-state index contributed by atoms with van der Waals surface area (Å²) in [7, 11) is -4.39. The van der Waals surface area contributed by atoms with Gasteiger partial charge in [-0.15, -0.1) is 0 Å². The number of sulfonamides is 1. The highest BCUT2D eigenvalue weighted by Gasteiger charge is 2.33. The number of nitrogens with one attached hydrogen (secondary N) is 1. The summed E-state index contributed by atoms with van der Waals surface area (Å²) < 4.78 is 67.8. The number of carbonyl (C=O) groups is 2. The van der Waals surface area contributed by atoms with E-state index in [4.69, 9.17) is 0 Å². The molecule has 200 valence electrons. The molecule has 1 N–H and O–H groups in total. The van der Waals surface area contributed by atoms with Crippen LogP contribution in [-0.2, 0) is 25.8 Å². The number of halogens is 3. The van der Waals surface area contributed by atoms with Gasteiger partial charge in [0.15, 0.2) is 0 Å². The molecule has 0 aliphatic carbocycles. The second-order valence-electron chi connectivity index (χ2n) is 9.07. The molecule has 0 bridgehead atoms. The molecule has 1 aliphatic rings. The van der Waals surface area contributed by atoms with Crippen LogP contribution in [0.4, 0.5) is 30.2 Å². The summed E-state index contributed by atoms with van der Waals surface area (Å²) in [5.41, 5.74) is 1.27. The maximum absolute atomic E-state index is 13.5. The van der Waals surface area contributed by atoms with Gasteiger partial charge in [-0.25, -0.2) is 8.42 Å². The number of amides is 2. The van der Waals surface area contributed by atoms with E-state index in [1.54, 1.807) is 49.1 Å². The van der Waals surface area contributed by atoms with Crippen LogP contribution in [-0.4, -0.2) is 33.3 Å². The van der Waals surface area contributed by atoms with Gasteiger partial charge in [0.1, 0.15) is 6.54 Å². The second kappa shape index (κ2) is 10.5. The van der Waals surface area contributed by atoms with Crippen molar-refractivity contribution in [2.45, 2.75) is 37.8 Å². The second-order valence-corrected chi connectivity index (χ2v) is 10.9. The Labute approximate surface area is 218 Å². The quantitative estimate of drug-likeness (QED) is 0.438. The fourth-order valence-electron chi connectivity index (χ4n) is 4.26. The average molecular weight is 546 g/mol. The number of hydrogen-bond donors (Lipinski definition) is 1. The highest BCUT2D eigenvalue weighted by Crippen LogP contribution is 2.33. The van der Waals surface area contributed by atoms with E-state index in [1.165, 1.54) is 18.2 Å². The number of carbonyl (C=O) groups excluding carboxylic acids is 2. The lowest BCUT2D eigenvalue weighted by Crippen LogP contribution is -2.38. The highest BCUT2D eigenvalue weighted by atomic mass is 32.2. The third-order valence-electron chi connectivity index (χ3n) is 6.20. The Balaban J connectivity index is 1.63. The van der Waals surface area contributed by atoms with Gasteiger partial charge in [-0.3, -0.25) is 13.9 Å². The first-order chi connectivity index (χ1) is 17.9. The predicted octanol–water partition coefficient (Wildman–Crippen LogP) is 5.28. The molecule has 11 heteroatoms. The molecule has 4 rings (SSSR count). The van der Waals surface area contributed by atoms with Gasteiger partial charge in [-0.2, -0.15) is 13.2 Å². The number of aryl methyl sites for hydroxylation is 2. The van der Waals surface area contributed by atoms with Gasteiger partial charge in [0.05, 0.1) is 16.1 Å². The largest absolute Gasteiger partial charge is 0.416 e. The maximum atomic E-state index is 13.5. The molecule has 38 heavy (non-hydrogen) atoms. The van der Waals surface area contributed by atoms with Gasteiger partial charge >= 0.3 is 6.18 Å². The van der Waals surface area contributed by atoms with Crippen molar-refractivity contribution in [3.05, 3.63) is 83.4 Å². The molecule has 7 nitrogen and oxygen atoms in total. The van der Waals surface area contributed by atoms with Gasteiger partial charge in [0.2, 0.25) is 11.8 Å². The summed E-state index contributed by atoms with van der Waals surface area (Å²) in [6, 6.07) is 14.6. The topological polar surface area (TPSA) is 86.8 Å². The van der Waals surface area contributed by atoms with E-state index in [9.17, 15) is 31.2 Å². The summed E-state index contributed by atoms with van der Waals surface area (Å²) in [5, 5.41) is 2.62. The van der Waals surface area contributed by atoms with Crippen molar-refractivity contribution >= 4 is 38.9 Å². The molecule has 0 saturated carbocycles. The Bertz CT molecular complexity index is 1470. The first kappa shape index (κ1) is 27.2. The Hall–Kier alpha value is -3.86. The summed E-state index contributed by atoms with van der Waals surface area (Å²) in [5.74, 6) is -0.731. The Kier molecular flexibility index (Phi) is 7.50. The van der Waals surface area contributed by atoms with Crippen LogP contribution in [0.3, 0.4) is 0 Å². The van der Waals surface area contributed by atoms with Gasteiger partial charge in [0, 0.05) is 24.3 Å². The van der Waals surface area contributed by atoms with Crippen molar-refractivity contribution < 1.29 is 31.2 Å². The van der Waals surface area contributed by atoms with E-state index in [1.807, 2.05) is 0 Å². The lowest BCUT2D eigenvalue weighted by molar-refractivity contribution is -0.137. The number of anilines is 3. The normalized spacial score (nSPS) is 14.0. The van der Waals surface area contributed by atoms with Crippen LogP contribution in [0.15, 0.2) is 71.6 Å². The Morgan fingerprint density at radius 2 is 1.74 bits per heavy atom. The summed E-state index contributed by atoms with van der Waals surface area (Å²) in [6.45, 7) is 3.39. The third kappa shape index (κ3) is 5.83. The molecule has 1 fully saturated rings. The van der Waals surface area contributed by atoms with Gasteiger partial charge in [0.25, 0.3) is 10.0 Å². The van der Waals surface area contributed by atoms with Gasteiger partial charge in [-0.1, -0.05) is 23.8 Å². The molecule has 0 unspecified atom stereocenters. The van der Waals surface area contributed by atoms with Crippen molar-refractivity contribution in [3.63, 3.8) is 0 Å². The van der Waals surface area contributed by atoms with Crippen LogP contribution in [0.2, 0.25) is 0 Å². The van der Waals surface area contributed by atoms with E-state index in [2.05, 4.69) is 5.32 Å². The predicted molar refractivity (Wildman–Crippen MR) is 139 cm³/mol. The number of hydrogen-bond acceptors (Lipinski definition) is 4. The number of alkyl halides is 3. The Morgan fingerprint density at radius 3 is 2.34 bits per heavy atom. The molecule has 2 amide bonds. The van der Waals surface area contributed by atoms with Crippen molar-refractivity contribution in [2.24, 2.45) is 0 Å². The monoisotopic (exact) mass is 545 g/mol. The number of benzene rings is 3. The first-order valence-electron chi connectivity index (χ1n) is 11.8. The van der Waals surface area contributed by atoms with E-state index in [0.29, 0.717) is 29.0 Å². The van der Waals surface area contributed by atoms with Crippen molar-refractivity contribution in [1.29, 1.82) is 0 Å². The molecule has 0 atom stereocenters. The fraction of sp³-hybridized carbons (Fsp3) is 0.259. The van der Waals surface area contributed by atoms with E-state index in [-0.39, 0.29) is 16.5 Å². The molecule has 0 radical (unpaired) electrons. The van der Waals surface area contributed by atoms with Gasteiger partial charge < -0.3 is 10.2 Å². The highest BCUT2D eigenvalue weighted by molar-refractivity contribution is 7.92. The van der Waals surface area contributed by atoms with Crippen LogP contribution in [0.5, 0.6) is 0 Å². The molecule has 3 aromatic rings. The zero-order valence-corrected chi connectivity index (χ0v) is 21.6. The molecule has 3 aromatic carbocycles. The molecule has 1 heterocycles. The van der Waals surface area contributed by atoms with E-state index >= 15 is 0 Å². The number of nitrogens with zero attached hydrogens (tertiary/aromatic N) is 2. The standard InChI is InChI=1S/C27H26F3N3O4S/c1-18-8-11-23(12-9-18)38(36,37)33(22-6-3-5-20(16-22)27(28,29)30)17-25(34)31-21-10-13-24(19(2)15-21)32-14-4-7-26(32)35/h3,5-6,8-13,15-16H,4,7,14,17H2,1-2H3,(H,31,34). The summed E-state index contributed by atoms with van der Waals surface area (Å²) >= 11 is 0. The fourth-order valence-corrected chi connectivity index (χ4v) is 5.67. The molecule has 1 saturated heterocycles. The lowest BCUT2D eigenvalue weighted by Gasteiger charge is -2.25. The number of rotatable bonds is 7. The molecule has 0 spiro atoms. The third-order valence-corrected chi connectivity index (χ3v) is 7.99. The zero-order chi connectivity index (χ0) is 27.7. The lowest BCUT2D eigenvalue weighted by atomic mass is 10.1. The summed E-state index contributed by atoms with van der Waals surface area (Å²) in [4.78, 5) is 26.6. The van der Waals surface area contributed by atoms with Crippen LogP contribution in [0.1, 0.15) is 29.5 Å². The van der Waals surface area contributed by atoms with Crippen LogP contribution < -0.4 is 14.5 Å². The van der Waals surface area contributed by atoms with Crippen molar-refractivity contribution in [1.82, 2.24) is 0 Å². The molecular weight excluding hydrogens is 519 g/mol. The maximum Gasteiger partial charge on any atom is 0.416 e. The van der Waals surface area contributed by atoms with Crippen LogP contribution >= 0.6 is 0 Å². The minimum atomic E-state index is -4.70. The molecule has 0 aromatic heterocycles. The van der Waals surface area contributed by atoms with E-state index < -0.39 is 34.2 Å². The molecular formula is C27H26F3N3O4S. The van der Waals surface area contributed by atoms with Crippen molar-refractivity contribution in [2.75, 3.05) is 27.6 Å². The Morgan fingerprint density at radius 1 is 1.03 bits per heavy atom. The first-order valence-corrected chi connectivity index (χ1v) is 13.3. The molecule has 1 aliphatic heterocycles. The van der Waals surface area contributed by atoms with Crippen LogP contribution in [0, 0.1) is 13.8 Å².